The number of benzene rings is 1. The van der Waals surface area contributed by atoms with Crippen LogP contribution in [-0.4, -0.2) is 71.5 Å². The van der Waals surface area contributed by atoms with Gasteiger partial charge in [-0.15, -0.1) is 0 Å². The number of nitrogens with zero attached hydrogens (tertiary/aromatic N) is 4. The molecule has 2 unspecified atom stereocenters. The first-order valence-electron chi connectivity index (χ1n) is 10.5. The van der Waals surface area contributed by atoms with E-state index in [1.165, 1.54) is 5.56 Å². The second kappa shape index (κ2) is 8.97. The summed E-state index contributed by atoms with van der Waals surface area (Å²) in [5.41, 5.74) is 1.52. The van der Waals surface area contributed by atoms with Crippen molar-refractivity contribution in [3.05, 3.63) is 47.7 Å². The number of hydrogen-bond donors (Lipinski definition) is 3. The van der Waals surface area contributed by atoms with E-state index < -0.39 is 12.2 Å². The maximum absolute atomic E-state index is 12.7. The minimum absolute atomic E-state index is 0.219. The van der Waals surface area contributed by atoms with Gasteiger partial charge in [-0.1, -0.05) is 30.3 Å². The van der Waals surface area contributed by atoms with Crippen LogP contribution in [0, 0.1) is 5.92 Å². The van der Waals surface area contributed by atoms with E-state index in [4.69, 9.17) is 0 Å². The lowest BCUT2D eigenvalue weighted by molar-refractivity contribution is 0.0572. The molecule has 0 radical (unpaired) electrons. The molecule has 8 heteroatoms. The third kappa shape index (κ3) is 5.06. The van der Waals surface area contributed by atoms with E-state index in [9.17, 15) is 15.0 Å². The Morgan fingerprint density at radius 3 is 2.53 bits per heavy atom. The Hall–Kier alpha value is -2.71. The third-order valence-corrected chi connectivity index (χ3v) is 5.68. The SMILES string of the molecule is CN(CCc1ccccc1)c1nc(C(=O)NCC2CC2)cc(N2CC(O)C(O)C2)n1. The van der Waals surface area contributed by atoms with Crippen molar-refractivity contribution in [1.82, 2.24) is 15.3 Å². The van der Waals surface area contributed by atoms with Crippen LogP contribution in [-0.2, 0) is 6.42 Å². The van der Waals surface area contributed by atoms with Gasteiger partial charge in [0, 0.05) is 39.3 Å². The number of amides is 1. The van der Waals surface area contributed by atoms with Crippen LogP contribution in [0.5, 0.6) is 0 Å². The number of β-amino-alcohol motifs (C(OH)–C–C–N with tert-alkyl or cyclic N) is 2. The van der Waals surface area contributed by atoms with Crippen LogP contribution >= 0.6 is 0 Å². The zero-order valence-corrected chi connectivity index (χ0v) is 17.2. The summed E-state index contributed by atoms with van der Waals surface area (Å²) in [4.78, 5) is 25.5. The quantitative estimate of drug-likeness (QED) is 0.592. The first-order valence-corrected chi connectivity index (χ1v) is 10.5. The lowest BCUT2D eigenvalue weighted by Crippen LogP contribution is -2.30. The van der Waals surface area contributed by atoms with Crippen LogP contribution in [0.25, 0.3) is 0 Å². The standard InChI is InChI=1S/C22H29N5O3/c1-26(10-9-15-5-3-2-4-6-15)22-24-17(21(30)23-12-16-7-8-16)11-20(25-22)27-13-18(28)19(29)14-27/h2-6,11,16,18-19,28-29H,7-10,12-14H2,1H3,(H,23,30). The number of nitrogens with one attached hydrogen (secondary N) is 1. The van der Waals surface area contributed by atoms with Crippen LogP contribution in [0.4, 0.5) is 11.8 Å². The van der Waals surface area contributed by atoms with E-state index >= 15 is 0 Å². The molecule has 0 bridgehead atoms. The van der Waals surface area contributed by atoms with Crippen molar-refractivity contribution in [2.45, 2.75) is 31.5 Å². The van der Waals surface area contributed by atoms with Crippen molar-refractivity contribution in [2.24, 2.45) is 5.92 Å². The predicted molar refractivity (Wildman–Crippen MR) is 115 cm³/mol. The van der Waals surface area contributed by atoms with Crippen molar-refractivity contribution in [3.8, 4) is 0 Å². The molecule has 30 heavy (non-hydrogen) atoms. The number of aliphatic hydroxyl groups is 2. The molecule has 1 saturated heterocycles. The highest BCUT2D eigenvalue weighted by molar-refractivity contribution is 5.93. The topological polar surface area (TPSA) is 102 Å². The summed E-state index contributed by atoms with van der Waals surface area (Å²) >= 11 is 0. The molecule has 0 spiro atoms. The number of aromatic nitrogens is 2. The summed E-state index contributed by atoms with van der Waals surface area (Å²) in [5, 5.41) is 22.8. The number of aliphatic hydroxyl groups excluding tert-OH is 2. The Morgan fingerprint density at radius 2 is 1.87 bits per heavy atom. The average molecular weight is 412 g/mol. The molecule has 1 aromatic heterocycles. The molecule has 1 aromatic carbocycles. The van der Waals surface area contributed by atoms with Crippen molar-refractivity contribution >= 4 is 17.7 Å². The fourth-order valence-electron chi connectivity index (χ4n) is 3.52. The molecule has 2 heterocycles. The molecule has 8 nitrogen and oxygen atoms in total. The van der Waals surface area contributed by atoms with Crippen LogP contribution < -0.4 is 15.1 Å². The van der Waals surface area contributed by atoms with E-state index in [1.807, 2.05) is 30.1 Å². The zero-order chi connectivity index (χ0) is 21.1. The fraction of sp³-hybridized carbons (Fsp3) is 0.500. The van der Waals surface area contributed by atoms with Gasteiger partial charge in [0.05, 0.1) is 12.2 Å². The molecule has 1 aliphatic carbocycles. The van der Waals surface area contributed by atoms with E-state index in [2.05, 4.69) is 27.4 Å². The summed E-state index contributed by atoms with van der Waals surface area (Å²) in [6, 6.07) is 11.8. The molecule has 3 N–H and O–H groups in total. The molecule has 2 aromatic rings. The Labute approximate surface area is 176 Å². The summed E-state index contributed by atoms with van der Waals surface area (Å²) < 4.78 is 0. The molecule has 2 aliphatic rings. The number of rotatable bonds is 8. The van der Waals surface area contributed by atoms with E-state index in [-0.39, 0.29) is 19.0 Å². The van der Waals surface area contributed by atoms with E-state index in [0.29, 0.717) is 36.5 Å². The number of likely N-dealkylation sites (N-methyl/N-ethyl adjacent to an activating group) is 1. The fourth-order valence-corrected chi connectivity index (χ4v) is 3.52. The lowest BCUT2D eigenvalue weighted by Gasteiger charge is -2.22. The van der Waals surface area contributed by atoms with Gasteiger partial charge in [0.2, 0.25) is 5.95 Å². The smallest absolute Gasteiger partial charge is 0.270 e. The van der Waals surface area contributed by atoms with Crippen molar-refractivity contribution in [2.75, 3.05) is 43.0 Å². The van der Waals surface area contributed by atoms with Crippen molar-refractivity contribution in [3.63, 3.8) is 0 Å². The Bertz CT molecular complexity index is 864. The van der Waals surface area contributed by atoms with Crippen LogP contribution in [0.1, 0.15) is 28.9 Å². The van der Waals surface area contributed by atoms with Crippen LogP contribution in [0.2, 0.25) is 0 Å². The lowest BCUT2D eigenvalue weighted by atomic mass is 10.1. The highest BCUT2D eigenvalue weighted by atomic mass is 16.3. The highest BCUT2D eigenvalue weighted by Gasteiger charge is 2.31. The van der Waals surface area contributed by atoms with Crippen LogP contribution in [0.15, 0.2) is 36.4 Å². The number of anilines is 2. The minimum atomic E-state index is -0.827. The van der Waals surface area contributed by atoms with Gasteiger partial charge in [0.25, 0.3) is 5.91 Å². The highest BCUT2D eigenvalue weighted by Crippen LogP contribution is 2.28. The monoisotopic (exact) mass is 411 g/mol. The Morgan fingerprint density at radius 1 is 1.17 bits per heavy atom. The first-order chi connectivity index (χ1) is 14.5. The van der Waals surface area contributed by atoms with Crippen molar-refractivity contribution in [1.29, 1.82) is 0 Å². The summed E-state index contributed by atoms with van der Waals surface area (Å²) in [6.07, 6.45) is 1.49. The normalized spacial score (nSPS) is 21.0. The summed E-state index contributed by atoms with van der Waals surface area (Å²) in [7, 11) is 1.90. The first kappa shape index (κ1) is 20.6. The largest absolute Gasteiger partial charge is 0.389 e. The van der Waals surface area contributed by atoms with Gasteiger partial charge in [-0.05, 0) is 30.7 Å². The molecular formula is C22H29N5O3. The minimum Gasteiger partial charge on any atom is -0.389 e. The molecule has 1 aliphatic heterocycles. The van der Waals surface area contributed by atoms with E-state index in [1.54, 1.807) is 11.0 Å². The van der Waals surface area contributed by atoms with Gasteiger partial charge in [0.15, 0.2) is 0 Å². The third-order valence-electron chi connectivity index (χ3n) is 5.68. The second-order valence-corrected chi connectivity index (χ2v) is 8.26. The molecule has 1 saturated carbocycles. The Kier molecular flexibility index (Phi) is 6.15. The molecule has 4 rings (SSSR count). The second-order valence-electron chi connectivity index (χ2n) is 8.26. The molecule has 160 valence electrons. The zero-order valence-electron chi connectivity index (χ0n) is 17.2. The molecular weight excluding hydrogens is 382 g/mol. The number of hydrogen-bond acceptors (Lipinski definition) is 7. The van der Waals surface area contributed by atoms with Gasteiger partial charge in [-0.3, -0.25) is 4.79 Å². The molecule has 1 amide bonds. The summed E-state index contributed by atoms with van der Waals surface area (Å²) in [5.74, 6) is 1.35. The number of carbonyl (C=O) groups excluding carboxylic acids is 1. The maximum Gasteiger partial charge on any atom is 0.270 e. The Balaban J connectivity index is 1.53. The average Bonchev–Trinajstić information content (AvgIpc) is 3.54. The van der Waals surface area contributed by atoms with Crippen molar-refractivity contribution < 1.29 is 15.0 Å². The van der Waals surface area contributed by atoms with Crippen LogP contribution in [0.3, 0.4) is 0 Å². The summed E-state index contributed by atoms with van der Waals surface area (Å²) in [6.45, 7) is 1.91. The molecule has 2 fully saturated rings. The maximum atomic E-state index is 12.7. The van der Waals surface area contributed by atoms with Gasteiger partial charge in [0.1, 0.15) is 11.5 Å². The van der Waals surface area contributed by atoms with E-state index in [0.717, 1.165) is 19.3 Å². The van der Waals surface area contributed by atoms with Gasteiger partial charge >= 0.3 is 0 Å². The van der Waals surface area contributed by atoms with Gasteiger partial charge in [-0.25, -0.2) is 4.98 Å². The predicted octanol–water partition coefficient (Wildman–Crippen LogP) is 0.837. The van der Waals surface area contributed by atoms with Gasteiger partial charge in [-0.2, -0.15) is 4.98 Å². The van der Waals surface area contributed by atoms with Gasteiger partial charge < -0.3 is 25.3 Å². The number of carbonyl (C=O) groups is 1. The molecule has 2 atom stereocenters.